The summed E-state index contributed by atoms with van der Waals surface area (Å²) in [6, 6.07) is 12.1. The number of hydrogen-bond acceptors (Lipinski definition) is 3. The smallest absolute Gasteiger partial charge is 0.257 e. The third-order valence-corrected chi connectivity index (χ3v) is 7.00. The van der Waals surface area contributed by atoms with E-state index < -0.39 is 0 Å². The number of carbonyl (C=O) groups is 3. The molecule has 0 aromatic heterocycles. The third-order valence-electron chi connectivity index (χ3n) is 6.76. The van der Waals surface area contributed by atoms with Gasteiger partial charge in [0.25, 0.3) is 5.91 Å². The highest BCUT2D eigenvalue weighted by Gasteiger charge is 2.61. The normalized spacial score (nSPS) is 27.4. The van der Waals surface area contributed by atoms with Crippen LogP contribution in [0.15, 0.2) is 42.5 Å². The van der Waals surface area contributed by atoms with E-state index in [1.807, 2.05) is 13.0 Å². The lowest BCUT2D eigenvalue weighted by Crippen LogP contribution is -2.34. The maximum absolute atomic E-state index is 13.2. The van der Waals surface area contributed by atoms with Crippen molar-refractivity contribution in [2.75, 3.05) is 10.2 Å². The van der Waals surface area contributed by atoms with Crippen LogP contribution in [0.4, 0.5) is 11.4 Å². The number of imide groups is 1. The number of nitrogens with zero attached hydrogens (tertiary/aromatic N) is 1. The zero-order valence-corrected chi connectivity index (χ0v) is 16.8. The van der Waals surface area contributed by atoms with Crippen LogP contribution in [-0.4, -0.2) is 17.7 Å². The standard InChI is InChI=1S/C23H21ClN2O3/c1-12-6-9-15(24)11-17(12)25-21(27)16-4-2-3-5-18(16)26-22(28)19-13-7-8-14(10-13)20(19)23(26)29/h2-6,9,11,13-14,19-20H,7-8,10H2,1H3,(H,25,27)/t13-,14-,19+,20+/m0/s1. The van der Waals surface area contributed by atoms with E-state index >= 15 is 0 Å². The molecule has 1 N–H and O–H groups in total. The van der Waals surface area contributed by atoms with Gasteiger partial charge < -0.3 is 5.32 Å². The largest absolute Gasteiger partial charge is 0.322 e. The van der Waals surface area contributed by atoms with Gasteiger partial charge in [-0.25, -0.2) is 4.90 Å². The van der Waals surface area contributed by atoms with Crippen LogP contribution in [0.1, 0.15) is 35.2 Å². The molecular weight excluding hydrogens is 388 g/mol. The summed E-state index contributed by atoms with van der Waals surface area (Å²) in [7, 11) is 0. The number of anilines is 2. The van der Waals surface area contributed by atoms with Gasteiger partial charge in [-0.1, -0.05) is 29.8 Å². The molecule has 3 aliphatic rings. The van der Waals surface area contributed by atoms with Gasteiger partial charge in [0.05, 0.1) is 23.1 Å². The fourth-order valence-corrected chi connectivity index (χ4v) is 5.60. The Hall–Kier alpha value is -2.66. The van der Waals surface area contributed by atoms with Crippen LogP contribution >= 0.6 is 11.6 Å². The quantitative estimate of drug-likeness (QED) is 0.763. The highest BCUT2D eigenvalue weighted by molar-refractivity contribution is 6.31. The van der Waals surface area contributed by atoms with E-state index in [2.05, 4.69) is 5.32 Å². The summed E-state index contributed by atoms with van der Waals surface area (Å²) in [6.45, 7) is 1.88. The first kappa shape index (κ1) is 18.4. The number of aryl methyl sites for hydroxylation is 1. The molecule has 148 valence electrons. The Balaban J connectivity index is 1.49. The summed E-state index contributed by atoms with van der Waals surface area (Å²) in [4.78, 5) is 40.7. The number of rotatable bonds is 3. The summed E-state index contributed by atoms with van der Waals surface area (Å²) in [6.07, 6.45) is 3.03. The van der Waals surface area contributed by atoms with Gasteiger partial charge in [-0.2, -0.15) is 0 Å². The Morgan fingerprint density at radius 1 is 1.03 bits per heavy atom. The van der Waals surface area contributed by atoms with Crippen molar-refractivity contribution in [1.29, 1.82) is 0 Å². The Labute approximate surface area is 174 Å². The van der Waals surface area contributed by atoms with Crippen LogP contribution in [0, 0.1) is 30.6 Å². The predicted octanol–water partition coefficient (Wildman–Crippen LogP) is 4.44. The number of para-hydroxylation sites is 1. The van der Waals surface area contributed by atoms with Crippen molar-refractivity contribution in [3.8, 4) is 0 Å². The first-order valence-corrected chi connectivity index (χ1v) is 10.4. The Kier molecular flexibility index (Phi) is 4.24. The van der Waals surface area contributed by atoms with Gasteiger partial charge >= 0.3 is 0 Å². The fourth-order valence-electron chi connectivity index (χ4n) is 5.43. The van der Waals surface area contributed by atoms with Crippen molar-refractivity contribution in [2.24, 2.45) is 23.7 Å². The van der Waals surface area contributed by atoms with Crippen molar-refractivity contribution in [1.82, 2.24) is 0 Å². The first-order chi connectivity index (χ1) is 14.0. The molecule has 29 heavy (non-hydrogen) atoms. The second-order valence-corrected chi connectivity index (χ2v) is 8.76. The summed E-state index contributed by atoms with van der Waals surface area (Å²) >= 11 is 6.06. The van der Waals surface area contributed by atoms with Crippen molar-refractivity contribution in [3.05, 3.63) is 58.6 Å². The van der Waals surface area contributed by atoms with E-state index in [1.54, 1.807) is 36.4 Å². The van der Waals surface area contributed by atoms with E-state index in [0.29, 0.717) is 33.8 Å². The van der Waals surface area contributed by atoms with Gasteiger partial charge in [0.1, 0.15) is 0 Å². The van der Waals surface area contributed by atoms with Gasteiger partial charge in [0.15, 0.2) is 0 Å². The van der Waals surface area contributed by atoms with Crippen LogP contribution < -0.4 is 10.2 Å². The average Bonchev–Trinajstić information content (AvgIpc) is 3.38. The Bertz CT molecular complexity index is 1020. The number of hydrogen-bond donors (Lipinski definition) is 1. The second kappa shape index (κ2) is 6.70. The topological polar surface area (TPSA) is 66.5 Å². The molecule has 0 radical (unpaired) electrons. The molecule has 2 saturated carbocycles. The molecule has 3 amide bonds. The number of benzene rings is 2. The minimum absolute atomic E-state index is 0.147. The molecule has 6 heteroatoms. The minimum atomic E-state index is -0.369. The van der Waals surface area contributed by atoms with E-state index in [4.69, 9.17) is 11.6 Å². The maximum Gasteiger partial charge on any atom is 0.257 e. The van der Waals surface area contributed by atoms with Crippen molar-refractivity contribution >= 4 is 40.7 Å². The molecule has 3 fully saturated rings. The van der Waals surface area contributed by atoms with Gasteiger partial charge in [-0.05, 0) is 67.9 Å². The predicted molar refractivity (Wildman–Crippen MR) is 111 cm³/mol. The van der Waals surface area contributed by atoms with E-state index in [0.717, 1.165) is 24.8 Å². The number of carbonyl (C=O) groups excluding carboxylic acids is 3. The molecular formula is C23H21ClN2O3. The van der Waals surface area contributed by atoms with Crippen molar-refractivity contribution in [3.63, 3.8) is 0 Å². The minimum Gasteiger partial charge on any atom is -0.322 e. The van der Waals surface area contributed by atoms with Crippen molar-refractivity contribution in [2.45, 2.75) is 26.2 Å². The lowest BCUT2D eigenvalue weighted by molar-refractivity contribution is -0.123. The number of fused-ring (bicyclic) bond motifs is 5. The molecule has 5 rings (SSSR count). The molecule has 4 atom stereocenters. The Morgan fingerprint density at radius 2 is 1.69 bits per heavy atom. The lowest BCUT2D eigenvalue weighted by Gasteiger charge is -2.20. The van der Waals surface area contributed by atoms with Crippen molar-refractivity contribution < 1.29 is 14.4 Å². The van der Waals surface area contributed by atoms with Crippen LogP contribution in [0.3, 0.4) is 0 Å². The molecule has 0 spiro atoms. The Morgan fingerprint density at radius 3 is 2.38 bits per heavy atom. The molecule has 1 saturated heterocycles. The van der Waals surface area contributed by atoms with E-state index in [-0.39, 0.29) is 29.6 Å². The molecule has 2 bridgehead atoms. The van der Waals surface area contributed by atoms with Crippen LogP contribution in [0.2, 0.25) is 5.02 Å². The summed E-state index contributed by atoms with van der Waals surface area (Å²) in [5.74, 6) is -0.479. The second-order valence-electron chi connectivity index (χ2n) is 8.33. The fraction of sp³-hybridized carbons (Fsp3) is 0.348. The molecule has 2 aliphatic carbocycles. The first-order valence-electron chi connectivity index (χ1n) is 10.00. The van der Waals surface area contributed by atoms with Gasteiger partial charge in [-0.15, -0.1) is 0 Å². The zero-order valence-electron chi connectivity index (χ0n) is 16.0. The van der Waals surface area contributed by atoms with E-state index in [9.17, 15) is 14.4 Å². The molecule has 2 aromatic carbocycles. The summed E-state index contributed by atoms with van der Waals surface area (Å²) < 4.78 is 0. The highest BCUT2D eigenvalue weighted by Crippen LogP contribution is 2.56. The third kappa shape index (κ3) is 2.79. The monoisotopic (exact) mass is 408 g/mol. The van der Waals surface area contributed by atoms with Gasteiger partial charge in [0.2, 0.25) is 11.8 Å². The zero-order chi connectivity index (χ0) is 20.3. The van der Waals surface area contributed by atoms with E-state index in [1.165, 1.54) is 4.90 Å². The average molecular weight is 409 g/mol. The van der Waals surface area contributed by atoms with Crippen LogP contribution in [0.5, 0.6) is 0 Å². The van der Waals surface area contributed by atoms with Gasteiger partial charge in [0, 0.05) is 10.7 Å². The highest BCUT2D eigenvalue weighted by atomic mass is 35.5. The summed E-state index contributed by atoms with van der Waals surface area (Å²) in [5.41, 5.74) is 2.15. The number of halogens is 1. The molecule has 1 heterocycles. The van der Waals surface area contributed by atoms with Crippen LogP contribution in [0.25, 0.3) is 0 Å². The SMILES string of the molecule is Cc1ccc(Cl)cc1NC(=O)c1ccccc1N1C(=O)[C@@H]2[C@H]3CC[C@@H](C3)[C@H]2C1=O. The number of amides is 3. The molecule has 0 unspecified atom stereocenters. The lowest BCUT2D eigenvalue weighted by atomic mass is 9.81. The maximum atomic E-state index is 13.2. The van der Waals surface area contributed by atoms with Crippen LogP contribution in [-0.2, 0) is 9.59 Å². The molecule has 2 aromatic rings. The van der Waals surface area contributed by atoms with Gasteiger partial charge in [-0.3, -0.25) is 14.4 Å². The summed E-state index contributed by atoms with van der Waals surface area (Å²) in [5, 5.41) is 3.39. The molecule has 1 aliphatic heterocycles. The number of nitrogens with one attached hydrogen (secondary N) is 1. The molecule has 5 nitrogen and oxygen atoms in total.